The fourth-order valence-electron chi connectivity index (χ4n) is 1.67. The number of benzene rings is 1. The van der Waals surface area contributed by atoms with Gasteiger partial charge in [0.05, 0.1) is 17.9 Å². The van der Waals surface area contributed by atoms with Gasteiger partial charge in [-0.3, -0.25) is 10.1 Å². The van der Waals surface area contributed by atoms with Crippen LogP contribution in [0, 0.1) is 0 Å². The van der Waals surface area contributed by atoms with Crippen molar-refractivity contribution in [1.29, 1.82) is 0 Å². The van der Waals surface area contributed by atoms with Crippen molar-refractivity contribution in [3.05, 3.63) is 29.8 Å². The molecule has 3 N–H and O–H groups in total. The van der Waals surface area contributed by atoms with Gasteiger partial charge >= 0.3 is 0 Å². The van der Waals surface area contributed by atoms with Crippen molar-refractivity contribution in [2.45, 2.75) is 0 Å². The molecule has 4 nitrogen and oxygen atoms in total. The topological polar surface area (TPSA) is 58.4 Å². The van der Waals surface area contributed by atoms with Crippen LogP contribution in [-0.2, 0) is 0 Å². The maximum atomic E-state index is 11.2. The highest BCUT2D eigenvalue weighted by atomic mass is 16.1. The summed E-state index contributed by atoms with van der Waals surface area (Å²) in [6, 6.07) is 7.43. The van der Waals surface area contributed by atoms with Gasteiger partial charge in [0.15, 0.2) is 0 Å². The van der Waals surface area contributed by atoms with Crippen LogP contribution in [-0.4, -0.2) is 25.7 Å². The number of amides is 1. The van der Waals surface area contributed by atoms with Crippen LogP contribution in [0.5, 0.6) is 0 Å². The van der Waals surface area contributed by atoms with Crippen LogP contribution in [0.2, 0.25) is 0 Å². The van der Waals surface area contributed by atoms with Gasteiger partial charge in [-0.2, -0.15) is 0 Å². The Morgan fingerprint density at radius 2 is 2.21 bits per heavy atom. The van der Waals surface area contributed by atoms with E-state index in [0.29, 0.717) is 5.56 Å². The van der Waals surface area contributed by atoms with E-state index < -0.39 is 0 Å². The van der Waals surface area contributed by atoms with Gasteiger partial charge in [-0.1, -0.05) is 12.1 Å². The zero-order chi connectivity index (χ0) is 9.97. The number of hydrogen-bond acceptors (Lipinski definition) is 3. The number of para-hydroxylation sites is 1. The zero-order valence-electron chi connectivity index (χ0n) is 7.86. The molecule has 0 radical (unpaired) electrons. The SMILES string of the molecule is NC(=O)c1ccccc1N1CCNC1. The molecule has 1 saturated heterocycles. The number of primary amides is 1. The molecular weight excluding hydrogens is 178 g/mol. The molecule has 0 aliphatic carbocycles. The van der Waals surface area contributed by atoms with E-state index in [1.54, 1.807) is 6.07 Å². The molecule has 4 heteroatoms. The van der Waals surface area contributed by atoms with Crippen molar-refractivity contribution in [3.8, 4) is 0 Å². The molecule has 1 aliphatic rings. The minimum atomic E-state index is -0.368. The third kappa shape index (κ3) is 1.56. The normalized spacial score (nSPS) is 15.9. The Balaban J connectivity index is 2.35. The number of hydrogen-bond donors (Lipinski definition) is 2. The van der Waals surface area contributed by atoms with E-state index in [9.17, 15) is 4.79 Å². The second-order valence-electron chi connectivity index (χ2n) is 3.30. The third-order valence-electron chi connectivity index (χ3n) is 2.37. The minimum absolute atomic E-state index is 0.368. The van der Waals surface area contributed by atoms with Gasteiger partial charge in [0.25, 0.3) is 5.91 Å². The van der Waals surface area contributed by atoms with Crippen LogP contribution in [0.25, 0.3) is 0 Å². The smallest absolute Gasteiger partial charge is 0.250 e. The lowest BCUT2D eigenvalue weighted by Gasteiger charge is -2.18. The molecule has 74 valence electrons. The Morgan fingerprint density at radius 1 is 1.43 bits per heavy atom. The Labute approximate surface area is 82.7 Å². The molecular formula is C10H13N3O. The van der Waals surface area contributed by atoms with E-state index >= 15 is 0 Å². The molecule has 1 amide bonds. The highest BCUT2D eigenvalue weighted by Gasteiger charge is 2.16. The fraction of sp³-hybridized carbons (Fsp3) is 0.300. The summed E-state index contributed by atoms with van der Waals surface area (Å²) in [6.07, 6.45) is 0. The molecule has 0 unspecified atom stereocenters. The van der Waals surface area contributed by atoms with Gasteiger partial charge < -0.3 is 10.6 Å². The Morgan fingerprint density at radius 3 is 2.86 bits per heavy atom. The Kier molecular flexibility index (Phi) is 2.37. The maximum absolute atomic E-state index is 11.2. The van der Waals surface area contributed by atoms with Gasteiger partial charge in [0.2, 0.25) is 0 Å². The number of anilines is 1. The van der Waals surface area contributed by atoms with Crippen molar-refractivity contribution in [2.75, 3.05) is 24.7 Å². The molecule has 14 heavy (non-hydrogen) atoms. The molecule has 0 saturated carbocycles. The van der Waals surface area contributed by atoms with Gasteiger partial charge in [0.1, 0.15) is 0 Å². The van der Waals surface area contributed by atoms with Crippen molar-refractivity contribution < 1.29 is 4.79 Å². The highest BCUT2D eigenvalue weighted by Crippen LogP contribution is 2.20. The first kappa shape index (κ1) is 9.02. The number of rotatable bonds is 2. The van der Waals surface area contributed by atoms with Crippen molar-refractivity contribution in [3.63, 3.8) is 0 Å². The molecule has 0 spiro atoms. The molecule has 0 atom stereocenters. The summed E-state index contributed by atoms with van der Waals surface area (Å²) in [5.41, 5.74) is 6.81. The quantitative estimate of drug-likeness (QED) is 0.699. The lowest BCUT2D eigenvalue weighted by Crippen LogP contribution is -2.24. The van der Waals surface area contributed by atoms with Gasteiger partial charge in [-0.15, -0.1) is 0 Å². The molecule has 1 heterocycles. The van der Waals surface area contributed by atoms with Crippen LogP contribution in [0.1, 0.15) is 10.4 Å². The minimum Gasteiger partial charge on any atom is -0.366 e. The molecule has 0 bridgehead atoms. The first-order valence-corrected chi connectivity index (χ1v) is 4.63. The lowest BCUT2D eigenvalue weighted by molar-refractivity contribution is 0.100. The van der Waals surface area contributed by atoms with Crippen LogP contribution in [0.15, 0.2) is 24.3 Å². The zero-order valence-corrected chi connectivity index (χ0v) is 7.86. The van der Waals surface area contributed by atoms with E-state index in [1.807, 2.05) is 18.2 Å². The molecule has 0 aromatic heterocycles. The number of carbonyl (C=O) groups is 1. The van der Waals surface area contributed by atoms with Gasteiger partial charge in [-0.05, 0) is 12.1 Å². The van der Waals surface area contributed by atoms with Crippen molar-refractivity contribution >= 4 is 11.6 Å². The number of nitrogens with one attached hydrogen (secondary N) is 1. The summed E-state index contributed by atoms with van der Waals surface area (Å²) < 4.78 is 0. The standard InChI is InChI=1S/C10H13N3O/c11-10(14)8-3-1-2-4-9(8)13-6-5-12-7-13/h1-4,12H,5-7H2,(H2,11,14). The molecule has 1 aromatic rings. The predicted molar refractivity (Wildman–Crippen MR) is 55.2 cm³/mol. The summed E-state index contributed by atoms with van der Waals surface area (Å²) in [4.78, 5) is 13.3. The average Bonchev–Trinajstić information content (AvgIpc) is 2.70. The largest absolute Gasteiger partial charge is 0.366 e. The summed E-state index contributed by atoms with van der Waals surface area (Å²) in [7, 11) is 0. The van der Waals surface area contributed by atoms with Crippen LogP contribution in [0.3, 0.4) is 0 Å². The van der Waals surface area contributed by atoms with Crippen LogP contribution < -0.4 is 16.0 Å². The van der Waals surface area contributed by atoms with Crippen LogP contribution >= 0.6 is 0 Å². The number of carbonyl (C=O) groups excluding carboxylic acids is 1. The predicted octanol–water partition coefficient (Wildman–Crippen LogP) is 0.153. The summed E-state index contributed by atoms with van der Waals surface area (Å²) in [6.45, 7) is 2.65. The van der Waals surface area contributed by atoms with Gasteiger partial charge in [0, 0.05) is 13.1 Å². The highest BCUT2D eigenvalue weighted by molar-refractivity contribution is 5.98. The number of nitrogens with zero attached hydrogens (tertiary/aromatic N) is 1. The fourth-order valence-corrected chi connectivity index (χ4v) is 1.67. The van der Waals surface area contributed by atoms with Gasteiger partial charge in [-0.25, -0.2) is 0 Å². The maximum Gasteiger partial charge on any atom is 0.250 e. The molecule has 1 fully saturated rings. The third-order valence-corrected chi connectivity index (χ3v) is 2.37. The first-order valence-electron chi connectivity index (χ1n) is 4.63. The summed E-state index contributed by atoms with van der Waals surface area (Å²) in [5, 5.41) is 3.21. The van der Waals surface area contributed by atoms with E-state index in [1.165, 1.54) is 0 Å². The van der Waals surface area contributed by atoms with E-state index in [-0.39, 0.29) is 5.91 Å². The molecule has 2 rings (SSSR count). The van der Waals surface area contributed by atoms with Crippen molar-refractivity contribution in [2.24, 2.45) is 5.73 Å². The summed E-state index contributed by atoms with van der Waals surface area (Å²) in [5.74, 6) is -0.368. The van der Waals surface area contributed by atoms with E-state index in [4.69, 9.17) is 5.73 Å². The van der Waals surface area contributed by atoms with E-state index in [0.717, 1.165) is 25.4 Å². The van der Waals surface area contributed by atoms with Crippen LogP contribution in [0.4, 0.5) is 5.69 Å². The summed E-state index contributed by atoms with van der Waals surface area (Å²) >= 11 is 0. The Hall–Kier alpha value is -1.55. The van der Waals surface area contributed by atoms with Crippen molar-refractivity contribution in [1.82, 2.24) is 5.32 Å². The second-order valence-corrected chi connectivity index (χ2v) is 3.30. The first-order chi connectivity index (χ1) is 6.79. The number of nitrogens with two attached hydrogens (primary N) is 1. The Bertz CT molecular complexity index is 345. The van der Waals surface area contributed by atoms with E-state index in [2.05, 4.69) is 10.2 Å². The average molecular weight is 191 g/mol. The second kappa shape index (κ2) is 3.67. The lowest BCUT2D eigenvalue weighted by atomic mass is 10.1. The monoisotopic (exact) mass is 191 g/mol. The molecule has 1 aromatic carbocycles. The molecule has 1 aliphatic heterocycles.